The summed E-state index contributed by atoms with van der Waals surface area (Å²) in [5.74, 6) is 0.0330. The van der Waals surface area contributed by atoms with Crippen LogP contribution in [0.4, 0.5) is 0 Å². The molecular formula is C18H25N3O2. The molecule has 2 heterocycles. The van der Waals surface area contributed by atoms with E-state index in [2.05, 4.69) is 16.9 Å². The van der Waals surface area contributed by atoms with E-state index in [0.29, 0.717) is 6.54 Å². The number of aliphatic hydroxyl groups is 2. The quantitative estimate of drug-likeness (QED) is 0.894. The van der Waals surface area contributed by atoms with Crippen LogP contribution in [0.2, 0.25) is 0 Å². The van der Waals surface area contributed by atoms with Gasteiger partial charge in [-0.2, -0.15) is 5.10 Å². The van der Waals surface area contributed by atoms with Crippen molar-refractivity contribution in [2.24, 2.45) is 7.05 Å². The molecule has 1 aliphatic heterocycles. The Morgan fingerprint density at radius 1 is 1.22 bits per heavy atom. The number of aliphatic hydroxyl groups excluding tert-OH is 2. The largest absolute Gasteiger partial charge is 0.395 e. The van der Waals surface area contributed by atoms with Crippen LogP contribution < -0.4 is 0 Å². The summed E-state index contributed by atoms with van der Waals surface area (Å²) in [5.41, 5.74) is 4.46. The molecule has 2 N–H and O–H groups in total. The summed E-state index contributed by atoms with van der Waals surface area (Å²) < 4.78 is 1.89. The molecule has 1 fully saturated rings. The zero-order valence-corrected chi connectivity index (χ0v) is 14.0. The lowest BCUT2D eigenvalue weighted by atomic mass is 9.94. The van der Waals surface area contributed by atoms with Crippen LogP contribution in [0.1, 0.15) is 28.4 Å². The second-order valence-corrected chi connectivity index (χ2v) is 6.46. The first-order valence-electron chi connectivity index (χ1n) is 8.10. The van der Waals surface area contributed by atoms with E-state index >= 15 is 0 Å². The van der Waals surface area contributed by atoms with Gasteiger partial charge in [-0.05, 0) is 19.4 Å². The number of hydrogen-bond donors (Lipinski definition) is 2. The minimum absolute atomic E-state index is 0.0330. The molecule has 1 aromatic carbocycles. The third kappa shape index (κ3) is 2.92. The normalized spacial score (nSPS) is 25.2. The van der Waals surface area contributed by atoms with Crippen LogP contribution in [-0.2, 0) is 13.6 Å². The van der Waals surface area contributed by atoms with E-state index in [4.69, 9.17) is 0 Å². The first kappa shape index (κ1) is 16.2. The lowest BCUT2D eigenvalue weighted by Gasteiger charge is -2.24. The number of aryl methyl sites for hydroxylation is 2. The van der Waals surface area contributed by atoms with Gasteiger partial charge >= 0.3 is 0 Å². The molecule has 3 atom stereocenters. The Hall–Kier alpha value is -1.69. The van der Waals surface area contributed by atoms with E-state index in [-0.39, 0.29) is 18.6 Å². The number of aromatic nitrogens is 2. The predicted octanol–water partition coefficient (Wildman–Crippen LogP) is 1.36. The van der Waals surface area contributed by atoms with Crippen molar-refractivity contribution < 1.29 is 10.2 Å². The summed E-state index contributed by atoms with van der Waals surface area (Å²) in [6, 6.07) is 9.83. The van der Waals surface area contributed by atoms with Gasteiger partial charge in [0.2, 0.25) is 0 Å². The monoisotopic (exact) mass is 315 g/mol. The minimum atomic E-state index is -0.556. The Labute approximate surface area is 137 Å². The first-order valence-corrected chi connectivity index (χ1v) is 8.10. The first-order chi connectivity index (χ1) is 11.0. The highest BCUT2D eigenvalue weighted by Gasteiger charge is 2.41. The van der Waals surface area contributed by atoms with E-state index in [0.717, 1.165) is 23.5 Å². The standard InChI is InChI=1S/C18H25N3O2/c1-12-15(13(2)20(3)19-12)9-21-10-16(18(23)17(21)11-22)14-7-5-4-6-8-14/h4-8,16-18,22-23H,9-11H2,1-3H3/t16-,17-,18-/m1/s1. The van der Waals surface area contributed by atoms with Crippen LogP contribution in [0.25, 0.3) is 0 Å². The van der Waals surface area contributed by atoms with Gasteiger partial charge in [0.15, 0.2) is 0 Å². The molecule has 0 aliphatic carbocycles. The van der Waals surface area contributed by atoms with Crippen LogP contribution in [-0.4, -0.2) is 50.2 Å². The van der Waals surface area contributed by atoms with Gasteiger partial charge in [0.05, 0.1) is 24.4 Å². The van der Waals surface area contributed by atoms with Crippen molar-refractivity contribution in [1.29, 1.82) is 0 Å². The third-order valence-corrected chi connectivity index (χ3v) is 5.14. The van der Waals surface area contributed by atoms with Crippen molar-refractivity contribution in [2.75, 3.05) is 13.2 Å². The van der Waals surface area contributed by atoms with Crippen LogP contribution >= 0.6 is 0 Å². The van der Waals surface area contributed by atoms with Gasteiger partial charge in [0.25, 0.3) is 0 Å². The predicted molar refractivity (Wildman–Crippen MR) is 89.2 cm³/mol. The van der Waals surface area contributed by atoms with E-state index in [9.17, 15) is 10.2 Å². The molecule has 23 heavy (non-hydrogen) atoms. The molecule has 124 valence electrons. The van der Waals surface area contributed by atoms with Gasteiger partial charge in [-0.1, -0.05) is 30.3 Å². The van der Waals surface area contributed by atoms with Crippen LogP contribution in [0.15, 0.2) is 30.3 Å². The zero-order valence-electron chi connectivity index (χ0n) is 14.0. The topological polar surface area (TPSA) is 61.5 Å². The maximum absolute atomic E-state index is 10.7. The van der Waals surface area contributed by atoms with Gasteiger partial charge in [-0.15, -0.1) is 0 Å². The Morgan fingerprint density at radius 3 is 2.48 bits per heavy atom. The second kappa shape index (κ2) is 6.43. The maximum atomic E-state index is 10.7. The molecule has 5 nitrogen and oxygen atoms in total. The molecular weight excluding hydrogens is 290 g/mol. The number of rotatable bonds is 4. The molecule has 5 heteroatoms. The van der Waals surface area contributed by atoms with Gasteiger partial charge in [-0.3, -0.25) is 9.58 Å². The number of nitrogens with zero attached hydrogens (tertiary/aromatic N) is 3. The summed E-state index contributed by atoms with van der Waals surface area (Å²) in [6.45, 7) is 5.48. The summed E-state index contributed by atoms with van der Waals surface area (Å²) in [7, 11) is 1.95. The van der Waals surface area contributed by atoms with Crippen molar-refractivity contribution in [3.8, 4) is 0 Å². The van der Waals surface area contributed by atoms with Gasteiger partial charge < -0.3 is 10.2 Å². The Bertz CT molecular complexity index is 668. The molecule has 0 bridgehead atoms. The third-order valence-electron chi connectivity index (χ3n) is 5.14. The second-order valence-electron chi connectivity index (χ2n) is 6.46. The van der Waals surface area contributed by atoms with Gasteiger partial charge in [0.1, 0.15) is 0 Å². The summed E-state index contributed by atoms with van der Waals surface area (Å²) >= 11 is 0. The average Bonchev–Trinajstić information content (AvgIpc) is 2.99. The highest BCUT2D eigenvalue weighted by Crippen LogP contribution is 2.33. The molecule has 1 aromatic heterocycles. The van der Waals surface area contributed by atoms with E-state index in [1.165, 1.54) is 5.56 Å². The summed E-state index contributed by atoms with van der Waals surface area (Å²) in [6.07, 6.45) is -0.556. The van der Waals surface area contributed by atoms with Gasteiger partial charge in [0, 0.05) is 37.3 Å². The number of likely N-dealkylation sites (tertiary alicyclic amines) is 1. The minimum Gasteiger partial charge on any atom is -0.395 e. The highest BCUT2D eigenvalue weighted by molar-refractivity contribution is 5.27. The lowest BCUT2D eigenvalue weighted by molar-refractivity contribution is 0.0639. The molecule has 0 saturated carbocycles. The number of hydrogen-bond acceptors (Lipinski definition) is 4. The molecule has 0 spiro atoms. The van der Waals surface area contributed by atoms with Gasteiger partial charge in [-0.25, -0.2) is 0 Å². The molecule has 0 unspecified atom stereocenters. The average molecular weight is 315 g/mol. The summed E-state index contributed by atoms with van der Waals surface area (Å²) in [5, 5.41) is 24.9. The fraction of sp³-hybridized carbons (Fsp3) is 0.500. The molecule has 0 radical (unpaired) electrons. The van der Waals surface area contributed by atoms with Crippen LogP contribution in [0, 0.1) is 13.8 Å². The highest BCUT2D eigenvalue weighted by atomic mass is 16.3. The fourth-order valence-electron chi connectivity index (χ4n) is 3.64. The molecule has 2 aromatic rings. The van der Waals surface area contributed by atoms with E-state index in [1.54, 1.807) is 0 Å². The molecule has 0 amide bonds. The van der Waals surface area contributed by atoms with E-state index in [1.807, 2.05) is 49.0 Å². The Kier molecular flexibility index (Phi) is 4.53. The smallest absolute Gasteiger partial charge is 0.0798 e. The zero-order chi connectivity index (χ0) is 16.6. The van der Waals surface area contributed by atoms with Crippen LogP contribution in [0.5, 0.6) is 0 Å². The van der Waals surface area contributed by atoms with Crippen molar-refractivity contribution in [2.45, 2.75) is 38.5 Å². The molecule has 3 rings (SSSR count). The van der Waals surface area contributed by atoms with Crippen molar-refractivity contribution >= 4 is 0 Å². The molecule has 1 saturated heterocycles. The number of benzene rings is 1. The van der Waals surface area contributed by atoms with Crippen molar-refractivity contribution in [3.63, 3.8) is 0 Å². The summed E-state index contributed by atoms with van der Waals surface area (Å²) in [4.78, 5) is 2.18. The lowest BCUT2D eigenvalue weighted by Crippen LogP contribution is -2.38. The SMILES string of the molecule is Cc1nn(C)c(C)c1CN1C[C@H](c2ccccc2)[C@@H](O)[C@H]1CO. The fourth-order valence-corrected chi connectivity index (χ4v) is 3.64. The molecule has 1 aliphatic rings. The van der Waals surface area contributed by atoms with E-state index < -0.39 is 6.10 Å². The Balaban J connectivity index is 1.85. The maximum Gasteiger partial charge on any atom is 0.0798 e. The van der Waals surface area contributed by atoms with Crippen molar-refractivity contribution in [3.05, 3.63) is 52.8 Å². The van der Waals surface area contributed by atoms with Crippen molar-refractivity contribution in [1.82, 2.24) is 14.7 Å². The van der Waals surface area contributed by atoms with Crippen LogP contribution in [0.3, 0.4) is 0 Å². The Morgan fingerprint density at radius 2 is 1.91 bits per heavy atom.